The van der Waals surface area contributed by atoms with Crippen LogP contribution < -0.4 is 5.32 Å². The van der Waals surface area contributed by atoms with E-state index in [2.05, 4.69) is 5.32 Å². The SMILES string of the molecule is CCC1(CC)C(=O)Nc2c(Cl)cc(Cl)cc21. The molecule has 16 heavy (non-hydrogen) atoms. The number of fused-ring (bicyclic) bond motifs is 1. The van der Waals surface area contributed by atoms with Gasteiger partial charge in [-0.15, -0.1) is 0 Å². The van der Waals surface area contributed by atoms with E-state index in [9.17, 15) is 4.79 Å². The molecule has 0 unspecified atom stereocenters. The van der Waals surface area contributed by atoms with Crippen molar-refractivity contribution in [2.75, 3.05) is 5.32 Å². The van der Waals surface area contributed by atoms with Crippen molar-refractivity contribution in [2.24, 2.45) is 0 Å². The molecular formula is C12H13Cl2NO. The fraction of sp³-hybridized carbons (Fsp3) is 0.417. The fourth-order valence-corrected chi connectivity index (χ4v) is 2.93. The van der Waals surface area contributed by atoms with Crippen LogP contribution >= 0.6 is 23.2 Å². The number of halogens is 2. The van der Waals surface area contributed by atoms with E-state index in [4.69, 9.17) is 23.2 Å². The zero-order valence-corrected chi connectivity index (χ0v) is 10.7. The summed E-state index contributed by atoms with van der Waals surface area (Å²) in [6, 6.07) is 3.50. The lowest BCUT2D eigenvalue weighted by Gasteiger charge is -2.24. The van der Waals surface area contributed by atoms with E-state index in [0.717, 1.165) is 24.1 Å². The van der Waals surface area contributed by atoms with Crippen LogP contribution in [0.5, 0.6) is 0 Å². The number of hydrogen-bond acceptors (Lipinski definition) is 1. The average Bonchev–Trinajstić information content (AvgIpc) is 2.52. The zero-order chi connectivity index (χ0) is 11.9. The Morgan fingerprint density at radius 1 is 1.25 bits per heavy atom. The van der Waals surface area contributed by atoms with Crippen molar-refractivity contribution in [3.8, 4) is 0 Å². The van der Waals surface area contributed by atoms with Gasteiger partial charge in [-0.1, -0.05) is 37.0 Å². The third kappa shape index (κ3) is 1.44. The van der Waals surface area contributed by atoms with Gasteiger partial charge in [-0.25, -0.2) is 0 Å². The van der Waals surface area contributed by atoms with Crippen LogP contribution in [0.15, 0.2) is 12.1 Å². The average molecular weight is 258 g/mol. The molecule has 1 aliphatic heterocycles. The molecule has 1 aromatic rings. The van der Waals surface area contributed by atoms with Gasteiger partial charge in [0.2, 0.25) is 5.91 Å². The molecule has 4 heteroatoms. The molecule has 1 N–H and O–H groups in total. The molecule has 0 spiro atoms. The van der Waals surface area contributed by atoms with Crippen LogP contribution in [0.4, 0.5) is 5.69 Å². The summed E-state index contributed by atoms with van der Waals surface area (Å²) in [5, 5.41) is 3.95. The van der Waals surface area contributed by atoms with E-state index in [-0.39, 0.29) is 5.91 Å². The number of rotatable bonds is 2. The second-order valence-electron chi connectivity index (χ2n) is 4.05. The smallest absolute Gasteiger partial charge is 0.235 e. The monoisotopic (exact) mass is 257 g/mol. The molecule has 86 valence electrons. The van der Waals surface area contributed by atoms with Gasteiger partial charge < -0.3 is 5.32 Å². The maximum atomic E-state index is 12.1. The molecule has 0 saturated heterocycles. The van der Waals surface area contributed by atoms with E-state index in [1.54, 1.807) is 6.07 Å². The summed E-state index contributed by atoms with van der Waals surface area (Å²) in [5.41, 5.74) is 1.18. The number of anilines is 1. The molecular weight excluding hydrogens is 245 g/mol. The number of nitrogens with one attached hydrogen (secondary N) is 1. The van der Waals surface area contributed by atoms with E-state index in [0.29, 0.717) is 10.0 Å². The van der Waals surface area contributed by atoms with Crippen LogP contribution in [0.2, 0.25) is 10.0 Å². The molecule has 0 bridgehead atoms. The van der Waals surface area contributed by atoms with Gasteiger partial charge in [-0.2, -0.15) is 0 Å². The second kappa shape index (κ2) is 3.94. The Bertz CT molecular complexity index is 453. The Labute approximate surface area is 105 Å². The molecule has 0 saturated carbocycles. The van der Waals surface area contributed by atoms with Crippen LogP contribution in [-0.4, -0.2) is 5.91 Å². The van der Waals surface area contributed by atoms with E-state index < -0.39 is 5.41 Å². The third-order valence-electron chi connectivity index (χ3n) is 3.45. The molecule has 0 aliphatic carbocycles. The molecule has 1 heterocycles. The first-order valence-electron chi connectivity index (χ1n) is 5.36. The van der Waals surface area contributed by atoms with Crippen LogP contribution in [-0.2, 0) is 10.2 Å². The number of carbonyl (C=O) groups is 1. The normalized spacial score (nSPS) is 17.1. The quantitative estimate of drug-likeness (QED) is 0.853. The first kappa shape index (κ1) is 11.7. The molecule has 2 nitrogen and oxygen atoms in total. The van der Waals surface area contributed by atoms with Crippen LogP contribution in [0.25, 0.3) is 0 Å². The van der Waals surface area contributed by atoms with Gasteiger partial charge in [-0.05, 0) is 30.5 Å². The second-order valence-corrected chi connectivity index (χ2v) is 4.90. The number of amides is 1. The topological polar surface area (TPSA) is 29.1 Å². The lowest BCUT2D eigenvalue weighted by Crippen LogP contribution is -2.32. The van der Waals surface area contributed by atoms with Crippen LogP contribution in [0.3, 0.4) is 0 Å². The Kier molecular flexibility index (Phi) is 2.89. The number of carbonyl (C=O) groups excluding carboxylic acids is 1. The number of benzene rings is 1. The first-order valence-corrected chi connectivity index (χ1v) is 6.11. The molecule has 0 atom stereocenters. The maximum absolute atomic E-state index is 12.1. The largest absolute Gasteiger partial charge is 0.324 e. The highest BCUT2D eigenvalue weighted by Gasteiger charge is 2.44. The van der Waals surface area contributed by atoms with Crippen LogP contribution in [0, 0.1) is 0 Å². The van der Waals surface area contributed by atoms with E-state index in [1.165, 1.54) is 0 Å². The van der Waals surface area contributed by atoms with Gasteiger partial charge in [0.05, 0.1) is 16.1 Å². The molecule has 1 amide bonds. The summed E-state index contributed by atoms with van der Waals surface area (Å²) in [6.45, 7) is 4.01. The highest BCUT2D eigenvalue weighted by molar-refractivity contribution is 6.37. The number of hydrogen-bond donors (Lipinski definition) is 1. The van der Waals surface area contributed by atoms with Gasteiger partial charge >= 0.3 is 0 Å². The van der Waals surface area contributed by atoms with Gasteiger partial charge in [0.15, 0.2) is 0 Å². The molecule has 0 fully saturated rings. The summed E-state index contributed by atoms with van der Waals surface area (Å²) >= 11 is 12.1. The fourth-order valence-electron chi connectivity index (χ4n) is 2.39. The standard InChI is InChI=1S/C12H13Cl2NO/c1-3-12(4-2)8-5-7(13)6-9(14)10(8)15-11(12)16/h5-6H,3-4H2,1-2H3,(H,15,16). The molecule has 0 aromatic heterocycles. The van der Waals surface area contributed by atoms with E-state index >= 15 is 0 Å². The van der Waals surface area contributed by atoms with Gasteiger partial charge in [0.25, 0.3) is 0 Å². The van der Waals surface area contributed by atoms with Gasteiger partial charge in [-0.3, -0.25) is 4.79 Å². The summed E-state index contributed by atoms with van der Waals surface area (Å²) < 4.78 is 0. The molecule has 0 radical (unpaired) electrons. The lowest BCUT2D eigenvalue weighted by atomic mass is 9.77. The molecule has 1 aromatic carbocycles. The predicted molar refractivity (Wildman–Crippen MR) is 67.4 cm³/mol. The minimum atomic E-state index is -0.468. The maximum Gasteiger partial charge on any atom is 0.235 e. The Balaban J connectivity index is 2.69. The van der Waals surface area contributed by atoms with Crippen molar-refractivity contribution < 1.29 is 4.79 Å². The summed E-state index contributed by atoms with van der Waals surface area (Å²) in [7, 11) is 0. The van der Waals surface area contributed by atoms with Crippen molar-refractivity contribution in [1.29, 1.82) is 0 Å². The van der Waals surface area contributed by atoms with Crippen molar-refractivity contribution in [2.45, 2.75) is 32.1 Å². The van der Waals surface area contributed by atoms with Gasteiger partial charge in [0.1, 0.15) is 0 Å². The highest BCUT2D eigenvalue weighted by atomic mass is 35.5. The summed E-state index contributed by atoms with van der Waals surface area (Å²) in [5.74, 6) is 0.0247. The zero-order valence-electron chi connectivity index (χ0n) is 9.23. The van der Waals surface area contributed by atoms with Gasteiger partial charge in [0, 0.05) is 5.02 Å². The minimum absolute atomic E-state index is 0.0247. The van der Waals surface area contributed by atoms with Crippen molar-refractivity contribution in [3.05, 3.63) is 27.7 Å². The summed E-state index contributed by atoms with van der Waals surface area (Å²) in [6.07, 6.45) is 1.50. The van der Waals surface area contributed by atoms with Crippen LogP contribution in [0.1, 0.15) is 32.3 Å². The Morgan fingerprint density at radius 3 is 2.44 bits per heavy atom. The van der Waals surface area contributed by atoms with Crippen molar-refractivity contribution in [3.63, 3.8) is 0 Å². The predicted octanol–water partition coefficient (Wildman–Crippen LogP) is 4.00. The van der Waals surface area contributed by atoms with Crippen molar-refractivity contribution >= 4 is 34.8 Å². The summed E-state index contributed by atoms with van der Waals surface area (Å²) in [4.78, 5) is 12.1. The minimum Gasteiger partial charge on any atom is -0.324 e. The Hall–Kier alpha value is -0.730. The Morgan fingerprint density at radius 2 is 1.88 bits per heavy atom. The highest BCUT2D eigenvalue weighted by Crippen LogP contribution is 2.46. The molecule has 2 rings (SSSR count). The van der Waals surface area contributed by atoms with Crippen molar-refractivity contribution in [1.82, 2.24) is 0 Å². The lowest BCUT2D eigenvalue weighted by molar-refractivity contribution is -0.121. The first-order chi connectivity index (χ1) is 7.55. The molecule has 1 aliphatic rings. The van der Waals surface area contributed by atoms with E-state index in [1.807, 2.05) is 19.9 Å². The third-order valence-corrected chi connectivity index (χ3v) is 3.97.